The lowest BCUT2D eigenvalue weighted by molar-refractivity contribution is -0.136. The maximum absolute atomic E-state index is 10.8. The zero-order chi connectivity index (χ0) is 14.8. The molecule has 0 radical (unpaired) electrons. The molecule has 3 rings (SSSR count). The quantitative estimate of drug-likeness (QED) is 0.644. The Morgan fingerprint density at radius 3 is 2.76 bits per heavy atom. The smallest absolute Gasteiger partial charge is 0.309 e. The summed E-state index contributed by atoms with van der Waals surface area (Å²) in [5, 5.41) is 12.8. The van der Waals surface area contributed by atoms with Crippen molar-refractivity contribution < 1.29 is 9.90 Å². The number of anilines is 2. The summed E-state index contributed by atoms with van der Waals surface area (Å²) in [6, 6.07) is 11.2. The van der Waals surface area contributed by atoms with Crippen LogP contribution in [0.4, 0.5) is 11.5 Å². The molecule has 21 heavy (non-hydrogen) atoms. The molecule has 3 N–H and O–H groups in total. The predicted molar refractivity (Wildman–Crippen MR) is 80.0 cm³/mol. The number of halogens is 1. The van der Waals surface area contributed by atoms with Crippen molar-refractivity contribution in [2.45, 2.75) is 6.42 Å². The molecule has 2 aromatic heterocycles. The van der Waals surface area contributed by atoms with Gasteiger partial charge in [0.1, 0.15) is 11.5 Å². The van der Waals surface area contributed by atoms with E-state index in [4.69, 9.17) is 16.7 Å². The zero-order valence-corrected chi connectivity index (χ0v) is 11.6. The molecule has 2 heterocycles. The van der Waals surface area contributed by atoms with Crippen molar-refractivity contribution in [2.24, 2.45) is 0 Å². The van der Waals surface area contributed by atoms with E-state index in [0.29, 0.717) is 22.5 Å². The first kappa shape index (κ1) is 13.4. The number of hydrogen-bond donors (Lipinski definition) is 3. The highest BCUT2D eigenvalue weighted by atomic mass is 35.5. The predicted octanol–water partition coefficient (Wildman–Crippen LogP) is 2.98. The summed E-state index contributed by atoms with van der Waals surface area (Å²) in [5.74, 6) is -0.387. The van der Waals surface area contributed by atoms with Crippen molar-refractivity contribution in [3.05, 3.63) is 47.4 Å². The van der Waals surface area contributed by atoms with E-state index >= 15 is 0 Å². The number of carbonyl (C=O) groups is 1. The lowest BCUT2D eigenvalue weighted by Gasteiger charge is -2.06. The van der Waals surface area contributed by atoms with Crippen LogP contribution < -0.4 is 5.32 Å². The van der Waals surface area contributed by atoms with Crippen LogP contribution in [0.2, 0.25) is 5.28 Å². The summed E-state index contributed by atoms with van der Waals surface area (Å²) >= 11 is 5.91. The van der Waals surface area contributed by atoms with Gasteiger partial charge in [0.15, 0.2) is 0 Å². The first-order valence-corrected chi connectivity index (χ1v) is 6.58. The molecule has 3 aromatic rings. The molecule has 0 aliphatic carbocycles. The lowest BCUT2D eigenvalue weighted by Crippen LogP contribution is -1.99. The molecular weight excluding hydrogens is 292 g/mol. The normalized spacial score (nSPS) is 10.7. The average molecular weight is 303 g/mol. The van der Waals surface area contributed by atoms with E-state index in [1.54, 1.807) is 6.07 Å². The average Bonchev–Trinajstić information content (AvgIpc) is 2.81. The van der Waals surface area contributed by atoms with Crippen LogP contribution >= 0.6 is 11.6 Å². The molecular formula is C14H11ClN4O2. The van der Waals surface area contributed by atoms with Crippen LogP contribution in [-0.4, -0.2) is 26.0 Å². The third-order valence-electron chi connectivity index (χ3n) is 2.89. The monoisotopic (exact) mass is 302 g/mol. The number of aliphatic carboxylic acids is 1. The van der Waals surface area contributed by atoms with Gasteiger partial charge in [-0.15, -0.1) is 0 Å². The second-order valence-electron chi connectivity index (χ2n) is 4.46. The summed E-state index contributed by atoms with van der Waals surface area (Å²) in [7, 11) is 0. The van der Waals surface area contributed by atoms with Gasteiger partial charge in [0.05, 0.1) is 11.8 Å². The molecule has 7 heteroatoms. The van der Waals surface area contributed by atoms with E-state index in [1.165, 1.54) is 0 Å². The van der Waals surface area contributed by atoms with Crippen molar-refractivity contribution in [3.8, 4) is 0 Å². The summed E-state index contributed by atoms with van der Waals surface area (Å²) in [6.45, 7) is 0. The van der Waals surface area contributed by atoms with Gasteiger partial charge < -0.3 is 15.4 Å². The molecule has 0 bridgehead atoms. The topological polar surface area (TPSA) is 90.9 Å². The zero-order valence-electron chi connectivity index (χ0n) is 10.8. The second-order valence-corrected chi connectivity index (χ2v) is 4.80. The molecule has 0 saturated heterocycles. The lowest BCUT2D eigenvalue weighted by atomic mass is 10.2. The number of nitrogens with zero attached hydrogens (tertiary/aromatic N) is 2. The molecule has 0 unspecified atom stereocenters. The Morgan fingerprint density at radius 2 is 2.05 bits per heavy atom. The number of hydrogen-bond acceptors (Lipinski definition) is 4. The molecule has 1 aromatic carbocycles. The van der Waals surface area contributed by atoms with Crippen LogP contribution in [0.15, 0.2) is 36.4 Å². The number of fused-ring (bicyclic) bond motifs is 1. The number of para-hydroxylation sites is 1. The Balaban J connectivity index is 2.04. The van der Waals surface area contributed by atoms with Gasteiger partial charge in [-0.25, -0.2) is 0 Å². The van der Waals surface area contributed by atoms with Crippen molar-refractivity contribution in [3.63, 3.8) is 0 Å². The van der Waals surface area contributed by atoms with E-state index in [9.17, 15) is 4.79 Å². The van der Waals surface area contributed by atoms with Gasteiger partial charge in [0.25, 0.3) is 0 Å². The number of nitrogens with one attached hydrogen (secondary N) is 2. The van der Waals surface area contributed by atoms with E-state index in [-0.39, 0.29) is 11.7 Å². The van der Waals surface area contributed by atoms with Gasteiger partial charge in [-0.3, -0.25) is 4.79 Å². The van der Waals surface area contributed by atoms with Crippen molar-refractivity contribution >= 4 is 40.1 Å². The Kier molecular flexibility index (Phi) is 3.45. The molecule has 0 atom stereocenters. The van der Waals surface area contributed by atoms with E-state index in [2.05, 4.69) is 20.3 Å². The van der Waals surface area contributed by atoms with Crippen LogP contribution in [0.1, 0.15) is 5.69 Å². The minimum atomic E-state index is -0.918. The molecule has 0 saturated carbocycles. The number of rotatable bonds is 4. The minimum Gasteiger partial charge on any atom is -0.481 e. The maximum atomic E-state index is 10.8. The van der Waals surface area contributed by atoms with Crippen molar-refractivity contribution in [2.75, 3.05) is 5.32 Å². The number of carboxylic acid groups (broad SMARTS) is 1. The molecule has 0 spiro atoms. The number of H-pyrrole nitrogens is 1. The van der Waals surface area contributed by atoms with Crippen molar-refractivity contribution in [1.82, 2.24) is 15.0 Å². The standard InChI is InChI=1S/C14H11ClN4O2/c15-14-18-12(16-8-4-2-1-3-5-8)10-6-9(7-11(20)21)17-13(10)19-14/h1-6H,7H2,(H,20,21)(H2,16,17,18,19). The Hall–Kier alpha value is -2.60. The Morgan fingerprint density at radius 1 is 1.29 bits per heavy atom. The van der Waals surface area contributed by atoms with Gasteiger partial charge in [0.2, 0.25) is 5.28 Å². The van der Waals surface area contributed by atoms with Crippen LogP contribution in [0.25, 0.3) is 11.0 Å². The Labute approximate surface area is 124 Å². The number of carboxylic acids is 1. The van der Waals surface area contributed by atoms with Crippen LogP contribution in [0, 0.1) is 0 Å². The summed E-state index contributed by atoms with van der Waals surface area (Å²) in [5.41, 5.74) is 1.91. The summed E-state index contributed by atoms with van der Waals surface area (Å²) < 4.78 is 0. The minimum absolute atomic E-state index is 0.0876. The maximum Gasteiger partial charge on any atom is 0.309 e. The van der Waals surface area contributed by atoms with Gasteiger partial charge >= 0.3 is 5.97 Å². The third-order valence-corrected chi connectivity index (χ3v) is 3.06. The third kappa shape index (κ3) is 2.95. The molecule has 0 fully saturated rings. The number of benzene rings is 1. The summed E-state index contributed by atoms with van der Waals surface area (Å²) in [4.78, 5) is 22.0. The first-order valence-electron chi connectivity index (χ1n) is 6.21. The largest absolute Gasteiger partial charge is 0.481 e. The fourth-order valence-corrected chi connectivity index (χ4v) is 2.22. The first-order chi connectivity index (χ1) is 10.1. The number of aromatic nitrogens is 3. The molecule has 0 aliphatic rings. The van der Waals surface area contributed by atoms with Gasteiger partial charge in [-0.05, 0) is 29.8 Å². The molecule has 6 nitrogen and oxygen atoms in total. The highest BCUT2D eigenvalue weighted by Gasteiger charge is 2.12. The van der Waals surface area contributed by atoms with Gasteiger partial charge in [-0.1, -0.05) is 18.2 Å². The van der Waals surface area contributed by atoms with Crippen molar-refractivity contribution in [1.29, 1.82) is 0 Å². The van der Waals surface area contributed by atoms with Gasteiger partial charge in [-0.2, -0.15) is 9.97 Å². The SMILES string of the molecule is O=C(O)Cc1cc2c(Nc3ccccc3)nc(Cl)nc2[nH]1. The molecule has 0 amide bonds. The van der Waals surface area contributed by atoms with Gasteiger partial charge in [0, 0.05) is 11.4 Å². The van der Waals surface area contributed by atoms with Crippen LogP contribution in [0.5, 0.6) is 0 Å². The Bertz CT molecular complexity index is 801. The van der Waals surface area contributed by atoms with Crippen LogP contribution in [-0.2, 0) is 11.2 Å². The van der Waals surface area contributed by atoms with E-state index < -0.39 is 5.97 Å². The summed E-state index contributed by atoms with van der Waals surface area (Å²) in [6.07, 6.45) is -0.112. The van der Waals surface area contributed by atoms with Crippen LogP contribution in [0.3, 0.4) is 0 Å². The highest BCUT2D eigenvalue weighted by Crippen LogP contribution is 2.26. The molecule has 106 valence electrons. The fraction of sp³-hybridized carbons (Fsp3) is 0.0714. The molecule has 0 aliphatic heterocycles. The van der Waals surface area contributed by atoms with E-state index in [1.807, 2.05) is 30.3 Å². The second kappa shape index (κ2) is 5.41. The van der Waals surface area contributed by atoms with E-state index in [0.717, 1.165) is 5.69 Å². The fourth-order valence-electron chi connectivity index (χ4n) is 2.05. The highest BCUT2D eigenvalue weighted by molar-refractivity contribution is 6.28. The number of aromatic amines is 1.